The van der Waals surface area contributed by atoms with E-state index in [9.17, 15) is 8.78 Å². The topological polar surface area (TPSA) is 58.1 Å². The molecule has 0 aromatic heterocycles. The molecule has 2 N–H and O–H groups in total. The summed E-state index contributed by atoms with van der Waals surface area (Å²) in [6.45, 7) is 3.03. The molecule has 1 unspecified atom stereocenters. The number of likely N-dealkylation sites (tertiary alicyclic amines) is 1. The van der Waals surface area contributed by atoms with Crippen LogP contribution in [-0.2, 0) is 6.54 Å². The molecular weight excluding hydrogens is 469 g/mol. The molecule has 27 heavy (non-hydrogen) atoms. The van der Waals surface area contributed by atoms with Gasteiger partial charge in [0.25, 0.3) is 0 Å². The number of rotatable bonds is 8. The van der Waals surface area contributed by atoms with Gasteiger partial charge in [-0.25, -0.2) is 4.99 Å². The SMILES string of the molecule is CCNC(=NCc1cc(OC)ccc1OC(F)F)NCC1CCN(C)C1.I. The van der Waals surface area contributed by atoms with Crippen LogP contribution in [-0.4, -0.2) is 57.8 Å². The Morgan fingerprint density at radius 3 is 2.74 bits per heavy atom. The van der Waals surface area contributed by atoms with Crippen molar-refractivity contribution in [2.45, 2.75) is 26.5 Å². The Bertz CT molecular complexity index is 605. The highest BCUT2D eigenvalue weighted by molar-refractivity contribution is 14.0. The number of methoxy groups -OCH3 is 1. The molecular formula is C18H29F2IN4O2. The Morgan fingerprint density at radius 2 is 2.15 bits per heavy atom. The molecule has 1 atom stereocenters. The largest absolute Gasteiger partial charge is 0.497 e. The normalized spacial score (nSPS) is 17.6. The zero-order valence-corrected chi connectivity index (χ0v) is 18.3. The molecule has 9 heteroatoms. The van der Waals surface area contributed by atoms with Gasteiger partial charge in [-0.3, -0.25) is 0 Å². The van der Waals surface area contributed by atoms with Gasteiger partial charge in [0.1, 0.15) is 11.5 Å². The molecule has 0 radical (unpaired) electrons. The van der Waals surface area contributed by atoms with Crippen LogP contribution in [0.15, 0.2) is 23.2 Å². The number of nitrogens with zero attached hydrogens (tertiary/aromatic N) is 2. The minimum absolute atomic E-state index is 0. The smallest absolute Gasteiger partial charge is 0.387 e. The first-order valence-electron chi connectivity index (χ1n) is 8.84. The van der Waals surface area contributed by atoms with Gasteiger partial charge in [0.2, 0.25) is 0 Å². The van der Waals surface area contributed by atoms with Gasteiger partial charge in [0.15, 0.2) is 5.96 Å². The van der Waals surface area contributed by atoms with Crippen LogP contribution in [0.4, 0.5) is 8.78 Å². The lowest BCUT2D eigenvalue weighted by atomic mass is 10.1. The molecule has 0 bridgehead atoms. The number of alkyl halides is 2. The third kappa shape index (κ3) is 8.04. The molecule has 1 aliphatic rings. The van der Waals surface area contributed by atoms with Gasteiger partial charge < -0.3 is 25.0 Å². The Hall–Kier alpha value is -1.36. The standard InChI is InChI=1S/C18H28F2N4O2.HI/c1-4-21-18(22-10-13-7-8-24(2)12-13)23-11-14-9-15(25-3)5-6-16(14)26-17(19)20;/h5-6,9,13,17H,4,7-8,10-12H2,1-3H3,(H2,21,22,23);1H. The van der Waals surface area contributed by atoms with E-state index in [-0.39, 0.29) is 36.3 Å². The number of hydrogen-bond donors (Lipinski definition) is 2. The van der Waals surface area contributed by atoms with Gasteiger partial charge in [0.05, 0.1) is 13.7 Å². The molecule has 0 saturated carbocycles. The quantitative estimate of drug-likeness (QED) is 0.328. The summed E-state index contributed by atoms with van der Waals surface area (Å²) in [5.74, 6) is 1.92. The lowest BCUT2D eigenvalue weighted by molar-refractivity contribution is -0.0504. The maximum absolute atomic E-state index is 12.6. The summed E-state index contributed by atoms with van der Waals surface area (Å²) in [5.41, 5.74) is 0.544. The predicted molar refractivity (Wildman–Crippen MR) is 113 cm³/mol. The van der Waals surface area contributed by atoms with Crippen LogP contribution in [0.25, 0.3) is 0 Å². The molecule has 0 aliphatic carbocycles. The average Bonchev–Trinajstić information content (AvgIpc) is 3.03. The van der Waals surface area contributed by atoms with E-state index in [2.05, 4.69) is 32.3 Å². The third-order valence-electron chi connectivity index (χ3n) is 4.28. The minimum atomic E-state index is -2.88. The minimum Gasteiger partial charge on any atom is -0.497 e. The van der Waals surface area contributed by atoms with E-state index in [0.717, 1.165) is 32.6 Å². The number of aliphatic imine (C=N–C) groups is 1. The number of guanidine groups is 1. The Labute approximate surface area is 176 Å². The summed E-state index contributed by atoms with van der Waals surface area (Å²) in [7, 11) is 3.65. The van der Waals surface area contributed by atoms with Crippen LogP contribution in [0.2, 0.25) is 0 Å². The van der Waals surface area contributed by atoms with Crippen LogP contribution < -0.4 is 20.1 Å². The van der Waals surface area contributed by atoms with Crippen LogP contribution in [0, 0.1) is 5.92 Å². The van der Waals surface area contributed by atoms with E-state index in [4.69, 9.17) is 4.74 Å². The molecule has 154 valence electrons. The molecule has 1 fully saturated rings. The van der Waals surface area contributed by atoms with Crippen molar-refractivity contribution >= 4 is 29.9 Å². The van der Waals surface area contributed by atoms with Crippen molar-refractivity contribution < 1.29 is 18.3 Å². The number of nitrogens with one attached hydrogen (secondary N) is 2. The van der Waals surface area contributed by atoms with E-state index in [1.165, 1.54) is 13.2 Å². The maximum Gasteiger partial charge on any atom is 0.387 e. The summed E-state index contributed by atoms with van der Waals surface area (Å²) < 4.78 is 35.0. The van der Waals surface area contributed by atoms with Crippen LogP contribution in [0.5, 0.6) is 11.5 Å². The predicted octanol–water partition coefficient (Wildman–Crippen LogP) is 2.92. The summed E-state index contributed by atoms with van der Waals surface area (Å²) >= 11 is 0. The zero-order valence-electron chi connectivity index (χ0n) is 16.0. The van der Waals surface area contributed by atoms with E-state index in [0.29, 0.717) is 23.2 Å². The molecule has 1 aromatic carbocycles. The van der Waals surface area contributed by atoms with E-state index >= 15 is 0 Å². The molecule has 6 nitrogen and oxygen atoms in total. The van der Waals surface area contributed by atoms with Gasteiger partial charge in [0, 0.05) is 25.2 Å². The van der Waals surface area contributed by atoms with Gasteiger partial charge in [-0.2, -0.15) is 8.78 Å². The molecule has 1 heterocycles. The highest BCUT2D eigenvalue weighted by atomic mass is 127. The summed E-state index contributed by atoms with van der Waals surface area (Å²) in [5, 5.41) is 6.52. The number of halogens is 3. The summed E-state index contributed by atoms with van der Waals surface area (Å²) in [4.78, 5) is 6.81. The van der Waals surface area contributed by atoms with Crippen LogP contribution in [0.3, 0.4) is 0 Å². The first kappa shape index (κ1) is 23.7. The van der Waals surface area contributed by atoms with E-state index in [1.807, 2.05) is 6.92 Å². The summed E-state index contributed by atoms with van der Waals surface area (Å²) in [6.07, 6.45) is 1.16. The highest BCUT2D eigenvalue weighted by Gasteiger charge is 2.19. The van der Waals surface area contributed by atoms with E-state index in [1.54, 1.807) is 12.1 Å². The van der Waals surface area contributed by atoms with Crippen LogP contribution in [0.1, 0.15) is 18.9 Å². The Balaban J connectivity index is 0.00000364. The number of ether oxygens (including phenoxy) is 2. The molecule has 0 spiro atoms. The fourth-order valence-corrected chi connectivity index (χ4v) is 2.96. The molecule has 1 aliphatic heterocycles. The highest BCUT2D eigenvalue weighted by Crippen LogP contribution is 2.26. The Kier molecular flexibility index (Phi) is 10.7. The van der Waals surface area contributed by atoms with Gasteiger partial charge >= 0.3 is 6.61 Å². The molecule has 0 amide bonds. The third-order valence-corrected chi connectivity index (χ3v) is 4.28. The van der Waals surface area contributed by atoms with Gasteiger partial charge in [-0.05, 0) is 51.1 Å². The maximum atomic E-state index is 12.6. The van der Waals surface area contributed by atoms with Gasteiger partial charge in [-0.15, -0.1) is 24.0 Å². The second kappa shape index (κ2) is 12.2. The first-order chi connectivity index (χ1) is 12.5. The van der Waals surface area contributed by atoms with Gasteiger partial charge in [-0.1, -0.05) is 0 Å². The fourth-order valence-electron chi connectivity index (χ4n) is 2.96. The van der Waals surface area contributed by atoms with E-state index < -0.39 is 6.61 Å². The summed E-state index contributed by atoms with van der Waals surface area (Å²) in [6, 6.07) is 4.73. The van der Waals surface area contributed by atoms with Crippen molar-refractivity contribution in [1.29, 1.82) is 0 Å². The molecule has 2 rings (SSSR count). The lowest BCUT2D eigenvalue weighted by Gasteiger charge is -2.16. The lowest BCUT2D eigenvalue weighted by Crippen LogP contribution is -2.40. The zero-order chi connectivity index (χ0) is 18.9. The van der Waals surface area contributed by atoms with Crippen molar-refractivity contribution in [3.8, 4) is 11.5 Å². The number of benzene rings is 1. The average molecular weight is 498 g/mol. The molecule has 1 aromatic rings. The number of hydrogen-bond acceptors (Lipinski definition) is 4. The van der Waals surface area contributed by atoms with Crippen molar-refractivity contribution in [3.63, 3.8) is 0 Å². The van der Waals surface area contributed by atoms with Crippen molar-refractivity contribution in [3.05, 3.63) is 23.8 Å². The van der Waals surface area contributed by atoms with Crippen molar-refractivity contribution in [1.82, 2.24) is 15.5 Å². The molecule has 1 saturated heterocycles. The van der Waals surface area contributed by atoms with Crippen molar-refractivity contribution in [2.75, 3.05) is 40.3 Å². The monoisotopic (exact) mass is 498 g/mol. The first-order valence-corrected chi connectivity index (χ1v) is 8.84. The second-order valence-electron chi connectivity index (χ2n) is 6.35. The Morgan fingerprint density at radius 1 is 1.37 bits per heavy atom. The second-order valence-corrected chi connectivity index (χ2v) is 6.35. The fraction of sp³-hybridized carbons (Fsp3) is 0.611. The van der Waals surface area contributed by atoms with Crippen molar-refractivity contribution in [2.24, 2.45) is 10.9 Å². The van der Waals surface area contributed by atoms with Crippen LogP contribution >= 0.6 is 24.0 Å².